The molecule has 0 amide bonds. The molecule has 1 fully saturated rings. The lowest BCUT2D eigenvalue weighted by molar-refractivity contribution is -0.148. The quantitative estimate of drug-likeness (QED) is 0.760. The van der Waals surface area contributed by atoms with E-state index in [0.29, 0.717) is 5.92 Å². The number of ketones is 1. The summed E-state index contributed by atoms with van der Waals surface area (Å²) in [7, 11) is 0. The lowest BCUT2D eigenvalue weighted by Gasteiger charge is -2.00. The Kier molecular flexibility index (Phi) is 2.54. The summed E-state index contributed by atoms with van der Waals surface area (Å²) in [5.74, 6) is -1.43. The number of hydrogen-bond donors (Lipinski definition) is 1. The first-order chi connectivity index (χ1) is 7.16. The normalized spacial score (nSPS) is 14.9. The molecule has 1 aliphatic rings. The zero-order chi connectivity index (χ0) is 10.8. The fourth-order valence-electron chi connectivity index (χ4n) is 1.59. The Morgan fingerprint density at radius 1 is 1.20 bits per heavy atom. The Bertz CT molecular complexity index is 388. The van der Waals surface area contributed by atoms with Crippen LogP contribution >= 0.6 is 0 Å². The summed E-state index contributed by atoms with van der Waals surface area (Å²) in [6, 6.07) is 7.66. The van der Waals surface area contributed by atoms with Gasteiger partial charge in [-0.05, 0) is 29.9 Å². The van der Waals surface area contributed by atoms with Crippen LogP contribution in [0.3, 0.4) is 0 Å². The molecule has 0 aromatic heterocycles. The van der Waals surface area contributed by atoms with Crippen molar-refractivity contribution in [3.63, 3.8) is 0 Å². The Morgan fingerprint density at radius 2 is 1.80 bits per heavy atom. The van der Waals surface area contributed by atoms with Gasteiger partial charge in [-0.3, -0.25) is 4.79 Å². The summed E-state index contributed by atoms with van der Waals surface area (Å²) in [6.45, 7) is 0. The molecule has 0 heterocycles. The highest BCUT2D eigenvalue weighted by Gasteiger charge is 2.23. The molecule has 3 heteroatoms. The van der Waals surface area contributed by atoms with E-state index in [1.165, 1.54) is 18.4 Å². The van der Waals surface area contributed by atoms with Crippen molar-refractivity contribution in [2.24, 2.45) is 0 Å². The maximum absolute atomic E-state index is 10.9. The maximum atomic E-state index is 10.9. The van der Waals surface area contributed by atoms with E-state index >= 15 is 0 Å². The Hall–Kier alpha value is -1.64. The van der Waals surface area contributed by atoms with Crippen LogP contribution in [0.15, 0.2) is 24.3 Å². The van der Waals surface area contributed by atoms with E-state index < -0.39 is 11.8 Å². The second-order valence-electron chi connectivity index (χ2n) is 3.92. The average Bonchev–Trinajstić information content (AvgIpc) is 3.02. The third-order valence-corrected chi connectivity index (χ3v) is 2.63. The molecule has 3 nitrogen and oxygen atoms in total. The third-order valence-electron chi connectivity index (χ3n) is 2.63. The van der Waals surface area contributed by atoms with Gasteiger partial charge in [-0.25, -0.2) is 4.79 Å². The average molecular weight is 204 g/mol. The lowest BCUT2D eigenvalue weighted by Crippen LogP contribution is -2.14. The van der Waals surface area contributed by atoms with Crippen molar-refractivity contribution < 1.29 is 14.7 Å². The first kappa shape index (κ1) is 9.90. The predicted octanol–water partition coefficient (Wildman–Crippen LogP) is 1.76. The Balaban J connectivity index is 2.03. The van der Waals surface area contributed by atoms with Crippen LogP contribution in [0, 0.1) is 0 Å². The van der Waals surface area contributed by atoms with Crippen molar-refractivity contribution in [1.82, 2.24) is 0 Å². The lowest BCUT2D eigenvalue weighted by atomic mass is 10.0. The van der Waals surface area contributed by atoms with Crippen LogP contribution in [0.25, 0.3) is 0 Å². The van der Waals surface area contributed by atoms with Gasteiger partial charge in [-0.15, -0.1) is 0 Å². The van der Waals surface area contributed by atoms with Crippen LogP contribution in [0.5, 0.6) is 0 Å². The standard InChI is InChI=1S/C12H12O3/c13-11(12(14)15)7-8-1-3-9(4-2-8)10-5-6-10/h1-4,10H,5-7H2,(H,14,15). The largest absolute Gasteiger partial charge is 0.475 e. The molecule has 15 heavy (non-hydrogen) atoms. The summed E-state index contributed by atoms with van der Waals surface area (Å²) in [5.41, 5.74) is 2.06. The van der Waals surface area contributed by atoms with Crippen LogP contribution < -0.4 is 0 Å². The highest BCUT2D eigenvalue weighted by Crippen LogP contribution is 2.39. The molecule has 1 saturated carbocycles. The summed E-state index contributed by atoms with van der Waals surface area (Å²) in [5, 5.41) is 8.45. The van der Waals surface area contributed by atoms with Gasteiger partial charge in [0.2, 0.25) is 5.78 Å². The van der Waals surface area contributed by atoms with E-state index in [9.17, 15) is 9.59 Å². The van der Waals surface area contributed by atoms with E-state index in [1.54, 1.807) is 0 Å². The second-order valence-corrected chi connectivity index (χ2v) is 3.92. The zero-order valence-corrected chi connectivity index (χ0v) is 8.27. The van der Waals surface area contributed by atoms with Gasteiger partial charge in [0.1, 0.15) is 0 Å². The van der Waals surface area contributed by atoms with Crippen LogP contribution in [0.1, 0.15) is 29.9 Å². The number of hydrogen-bond acceptors (Lipinski definition) is 2. The summed E-state index contributed by atoms with van der Waals surface area (Å²) >= 11 is 0. The number of aliphatic carboxylic acids is 1. The smallest absolute Gasteiger partial charge is 0.372 e. The van der Waals surface area contributed by atoms with E-state index in [-0.39, 0.29) is 6.42 Å². The van der Waals surface area contributed by atoms with Crippen LogP contribution in [0.2, 0.25) is 0 Å². The van der Waals surface area contributed by atoms with E-state index in [1.807, 2.05) is 24.3 Å². The molecule has 1 aliphatic carbocycles. The molecular weight excluding hydrogens is 192 g/mol. The number of benzene rings is 1. The third kappa shape index (κ3) is 2.43. The Morgan fingerprint density at radius 3 is 2.27 bits per heavy atom. The fourth-order valence-corrected chi connectivity index (χ4v) is 1.59. The Labute approximate surface area is 87.7 Å². The molecule has 0 bridgehead atoms. The fraction of sp³-hybridized carbons (Fsp3) is 0.333. The van der Waals surface area contributed by atoms with E-state index in [2.05, 4.69) is 0 Å². The van der Waals surface area contributed by atoms with Crippen molar-refractivity contribution in [3.8, 4) is 0 Å². The van der Waals surface area contributed by atoms with Crippen LogP contribution in [-0.4, -0.2) is 16.9 Å². The van der Waals surface area contributed by atoms with E-state index in [0.717, 1.165) is 5.56 Å². The molecule has 1 N–H and O–H groups in total. The molecule has 0 radical (unpaired) electrons. The SMILES string of the molecule is O=C(O)C(=O)Cc1ccc(C2CC2)cc1. The molecular formula is C12H12O3. The van der Waals surface area contributed by atoms with Crippen molar-refractivity contribution in [1.29, 1.82) is 0 Å². The summed E-state index contributed by atoms with van der Waals surface area (Å²) in [6.07, 6.45) is 2.47. The monoisotopic (exact) mass is 204 g/mol. The number of carbonyl (C=O) groups excluding carboxylic acids is 1. The van der Waals surface area contributed by atoms with Gasteiger partial charge in [0, 0.05) is 6.42 Å². The molecule has 2 rings (SSSR count). The van der Waals surface area contributed by atoms with Gasteiger partial charge in [0.15, 0.2) is 0 Å². The van der Waals surface area contributed by atoms with E-state index in [4.69, 9.17) is 5.11 Å². The number of carboxylic acid groups (broad SMARTS) is 1. The van der Waals surface area contributed by atoms with Crippen LogP contribution in [0.4, 0.5) is 0 Å². The van der Waals surface area contributed by atoms with Gasteiger partial charge in [-0.1, -0.05) is 24.3 Å². The molecule has 1 aromatic carbocycles. The minimum absolute atomic E-state index is 0.0136. The highest BCUT2D eigenvalue weighted by molar-refractivity contribution is 6.33. The van der Waals surface area contributed by atoms with Gasteiger partial charge in [0.05, 0.1) is 0 Å². The first-order valence-corrected chi connectivity index (χ1v) is 5.02. The van der Waals surface area contributed by atoms with Crippen molar-refractivity contribution in [3.05, 3.63) is 35.4 Å². The maximum Gasteiger partial charge on any atom is 0.372 e. The molecule has 0 spiro atoms. The van der Waals surface area contributed by atoms with Gasteiger partial charge in [0.25, 0.3) is 0 Å². The highest BCUT2D eigenvalue weighted by atomic mass is 16.4. The molecule has 1 aromatic rings. The van der Waals surface area contributed by atoms with Crippen molar-refractivity contribution in [2.75, 3.05) is 0 Å². The topological polar surface area (TPSA) is 54.4 Å². The molecule has 0 unspecified atom stereocenters. The summed E-state index contributed by atoms with van der Waals surface area (Å²) in [4.78, 5) is 21.3. The number of rotatable bonds is 4. The predicted molar refractivity (Wildman–Crippen MR) is 54.8 cm³/mol. The number of carboxylic acids is 1. The van der Waals surface area contributed by atoms with Crippen molar-refractivity contribution >= 4 is 11.8 Å². The molecule has 0 aliphatic heterocycles. The second kappa shape index (κ2) is 3.85. The zero-order valence-electron chi connectivity index (χ0n) is 8.27. The van der Waals surface area contributed by atoms with Gasteiger partial charge < -0.3 is 5.11 Å². The number of carbonyl (C=O) groups is 2. The van der Waals surface area contributed by atoms with Gasteiger partial charge in [-0.2, -0.15) is 0 Å². The molecule has 0 saturated heterocycles. The first-order valence-electron chi connectivity index (χ1n) is 5.02. The van der Waals surface area contributed by atoms with Crippen LogP contribution in [-0.2, 0) is 16.0 Å². The van der Waals surface area contributed by atoms with Crippen molar-refractivity contribution in [2.45, 2.75) is 25.2 Å². The van der Waals surface area contributed by atoms with Gasteiger partial charge >= 0.3 is 5.97 Å². The minimum Gasteiger partial charge on any atom is -0.475 e. The minimum atomic E-state index is -1.36. The summed E-state index contributed by atoms with van der Waals surface area (Å²) < 4.78 is 0. The molecule has 78 valence electrons. The number of Topliss-reactive ketones (excluding diaryl/α,β-unsaturated/α-hetero) is 1. The molecule has 0 atom stereocenters.